The molecular weight excluding hydrogens is 262 g/mol. The van der Waals surface area contributed by atoms with Crippen LogP contribution in [0, 0.1) is 19.8 Å². The van der Waals surface area contributed by atoms with Crippen molar-refractivity contribution in [3.63, 3.8) is 0 Å². The first-order valence-electron chi connectivity index (χ1n) is 6.53. The van der Waals surface area contributed by atoms with E-state index >= 15 is 0 Å². The number of nitrogens with one attached hydrogen (secondary N) is 1. The number of rotatable bonds is 6. The topological polar surface area (TPSA) is 49.3 Å². The van der Waals surface area contributed by atoms with Crippen molar-refractivity contribution in [1.29, 1.82) is 0 Å². The molecule has 0 radical (unpaired) electrons. The van der Waals surface area contributed by atoms with Crippen LogP contribution >= 0.6 is 11.6 Å². The third-order valence-electron chi connectivity index (χ3n) is 3.19. The molecule has 1 aromatic carbocycles. The number of halogens is 1. The number of aliphatic carboxylic acids is 1. The highest BCUT2D eigenvalue weighted by molar-refractivity contribution is 6.30. The first-order valence-corrected chi connectivity index (χ1v) is 6.91. The lowest BCUT2D eigenvalue weighted by atomic mass is 10.0. The van der Waals surface area contributed by atoms with Crippen molar-refractivity contribution in [3.05, 3.63) is 33.8 Å². The van der Waals surface area contributed by atoms with Gasteiger partial charge in [0, 0.05) is 11.6 Å². The highest BCUT2D eigenvalue weighted by Crippen LogP contribution is 2.20. The highest BCUT2D eigenvalue weighted by atomic mass is 35.5. The van der Waals surface area contributed by atoms with Crippen molar-refractivity contribution in [1.82, 2.24) is 5.32 Å². The van der Waals surface area contributed by atoms with E-state index in [0.717, 1.165) is 21.7 Å². The zero-order chi connectivity index (χ0) is 14.6. The molecule has 0 aliphatic carbocycles. The van der Waals surface area contributed by atoms with Crippen LogP contribution in [-0.4, -0.2) is 17.1 Å². The molecule has 0 aromatic heterocycles. The number of hydrogen-bond acceptors (Lipinski definition) is 2. The third kappa shape index (κ3) is 4.84. The summed E-state index contributed by atoms with van der Waals surface area (Å²) in [7, 11) is 0. The van der Waals surface area contributed by atoms with Crippen LogP contribution in [0.5, 0.6) is 0 Å². The molecule has 2 N–H and O–H groups in total. The van der Waals surface area contributed by atoms with Gasteiger partial charge in [-0.05, 0) is 55.0 Å². The van der Waals surface area contributed by atoms with Crippen LogP contribution in [0.1, 0.15) is 37.0 Å². The smallest absolute Gasteiger partial charge is 0.320 e. The molecule has 0 spiro atoms. The average molecular weight is 284 g/mol. The summed E-state index contributed by atoms with van der Waals surface area (Å²) in [6.45, 7) is 8.59. The van der Waals surface area contributed by atoms with E-state index in [1.54, 1.807) is 0 Å². The van der Waals surface area contributed by atoms with Gasteiger partial charge in [0.1, 0.15) is 6.04 Å². The zero-order valence-corrected chi connectivity index (χ0v) is 12.7. The molecule has 0 saturated heterocycles. The Morgan fingerprint density at radius 3 is 2.26 bits per heavy atom. The molecule has 0 aliphatic heterocycles. The minimum atomic E-state index is -0.794. The van der Waals surface area contributed by atoms with Gasteiger partial charge in [-0.2, -0.15) is 0 Å². The molecule has 1 atom stereocenters. The SMILES string of the molecule is Cc1cc(Cl)cc(C)c1CNC(CC(C)C)C(=O)O. The first-order chi connectivity index (χ1) is 8.81. The number of benzene rings is 1. The van der Waals surface area contributed by atoms with Gasteiger partial charge in [-0.1, -0.05) is 25.4 Å². The maximum Gasteiger partial charge on any atom is 0.320 e. The van der Waals surface area contributed by atoms with Gasteiger partial charge in [0.25, 0.3) is 0 Å². The Morgan fingerprint density at radius 2 is 1.84 bits per heavy atom. The number of hydrogen-bond donors (Lipinski definition) is 2. The van der Waals surface area contributed by atoms with E-state index in [2.05, 4.69) is 5.32 Å². The Balaban J connectivity index is 2.77. The van der Waals surface area contributed by atoms with E-state index in [0.29, 0.717) is 18.9 Å². The fourth-order valence-corrected chi connectivity index (χ4v) is 2.51. The molecule has 0 aliphatic rings. The first kappa shape index (κ1) is 16.0. The van der Waals surface area contributed by atoms with Gasteiger partial charge in [-0.25, -0.2) is 0 Å². The van der Waals surface area contributed by atoms with Crippen LogP contribution in [0.15, 0.2) is 12.1 Å². The molecule has 1 unspecified atom stereocenters. The van der Waals surface area contributed by atoms with E-state index in [9.17, 15) is 9.90 Å². The summed E-state index contributed by atoms with van der Waals surface area (Å²) in [5.41, 5.74) is 3.30. The summed E-state index contributed by atoms with van der Waals surface area (Å²) < 4.78 is 0. The Morgan fingerprint density at radius 1 is 1.32 bits per heavy atom. The van der Waals surface area contributed by atoms with Crippen LogP contribution in [0.25, 0.3) is 0 Å². The molecule has 1 rings (SSSR count). The van der Waals surface area contributed by atoms with Gasteiger partial charge in [0.2, 0.25) is 0 Å². The van der Waals surface area contributed by atoms with Crippen LogP contribution < -0.4 is 5.32 Å². The average Bonchev–Trinajstić information content (AvgIpc) is 2.25. The van der Waals surface area contributed by atoms with Gasteiger partial charge in [0.05, 0.1) is 0 Å². The van der Waals surface area contributed by atoms with E-state index < -0.39 is 12.0 Å². The standard InChI is InChI=1S/C15H22ClNO2/c1-9(2)5-14(15(18)19)17-8-13-10(3)6-12(16)7-11(13)4/h6-7,9,14,17H,5,8H2,1-4H3,(H,18,19). The molecule has 19 heavy (non-hydrogen) atoms. The zero-order valence-electron chi connectivity index (χ0n) is 12.0. The van der Waals surface area contributed by atoms with Crippen LogP contribution in [0.4, 0.5) is 0 Å². The molecule has 0 bridgehead atoms. The van der Waals surface area contributed by atoms with Crippen molar-refractivity contribution in [3.8, 4) is 0 Å². The van der Waals surface area contributed by atoms with Crippen molar-refractivity contribution in [2.45, 2.75) is 46.7 Å². The molecule has 0 amide bonds. The monoisotopic (exact) mass is 283 g/mol. The van der Waals surface area contributed by atoms with Crippen molar-refractivity contribution in [2.24, 2.45) is 5.92 Å². The fraction of sp³-hybridized carbons (Fsp3) is 0.533. The summed E-state index contributed by atoms with van der Waals surface area (Å²) >= 11 is 5.99. The molecule has 0 saturated carbocycles. The van der Waals surface area contributed by atoms with Gasteiger partial charge in [-0.15, -0.1) is 0 Å². The van der Waals surface area contributed by atoms with Gasteiger partial charge in [0.15, 0.2) is 0 Å². The molecule has 3 nitrogen and oxygen atoms in total. The van der Waals surface area contributed by atoms with Gasteiger partial charge >= 0.3 is 5.97 Å². The maximum absolute atomic E-state index is 11.2. The molecule has 0 heterocycles. The number of carboxylic acids is 1. The lowest BCUT2D eigenvalue weighted by molar-refractivity contribution is -0.140. The van der Waals surface area contributed by atoms with E-state index in [1.165, 1.54) is 0 Å². The number of carboxylic acid groups (broad SMARTS) is 1. The van der Waals surface area contributed by atoms with E-state index in [1.807, 2.05) is 39.8 Å². The minimum Gasteiger partial charge on any atom is -0.480 e. The number of aryl methyl sites for hydroxylation is 2. The third-order valence-corrected chi connectivity index (χ3v) is 3.41. The summed E-state index contributed by atoms with van der Waals surface area (Å²) in [6.07, 6.45) is 0.626. The van der Waals surface area contributed by atoms with E-state index in [4.69, 9.17) is 11.6 Å². The Labute approximate surface area is 120 Å². The maximum atomic E-state index is 11.2. The quantitative estimate of drug-likeness (QED) is 0.839. The second-order valence-electron chi connectivity index (χ2n) is 5.42. The summed E-state index contributed by atoms with van der Waals surface area (Å²) in [4.78, 5) is 11.2. The van der Waals surface area contributed by atoms with Crippen molar-refractivity contribution in [2.75, 3.05) is 0 Å². The summed E-state index contributed by atoms with van der Waals surface area (Å²) in [5.74, 6) is -0.445. The van der Waals surface area contributed by atoms with Crippen molar-refractivity contribution >= 4 is 17.6 Å². The lowest BCUT2D eigenvalue weighted by Crippen LogP contribution is -2.37. The van der Waals surface area contributed by atoms with Crippen LogP contribution in [0.3, 0.4) is 0 Å². The van der Waals surface area contributed by atoms with Gasteiger partial charge in [-0.3, -0.25) is 4.79 Å². The predicted octanol–water partition coefficient (Wildman–Crippen LogP) is 3.55. The van der Waals surface area contributed by atoms with Crippen LogP contribution in [0.2, 0.25) is 5.02 Å². The second kappa shape index (κ2) is 6.92. The van der Waals surface area contributed by atoms with Crippen molar-refractivity contribution < 1.29 is 9.90 Å². The summed E-state index contributed by atoms with van der Waals surface area (Å²) in [6, 6.07) is 3.31. The van der Waals surface area contributed by atoms with Gasteiger partial charge < -0.3 is 10.4 Å². The molecule has 106 valence electrons. The Kier molecular flexibility index (Phi) is 5.83. The number of carbonyl (C=O) groups is 1. The molecule has 1 aromatic rings. The van der Waals surface area contributed by atoms with Crippen LogP contribution in [-0.2, 0) is 11.3 Å². The Hall–Kier alpha value is -1.06. The minimum absolute atomic E-state index is 0.348. The lowest BCUT2D eigenvalue weighted by Gasteiger charge is -2.18. The fourth-order valence-electron chi connectivity index (χ4n) is 2.19. The second-order valence-corrected chi connectivity index (χ2v) is 5.86. The Bertz CT molecular complexity index is 434. The highest BCUT2D eigenvalue weighted by Gasteiger charge is 2.18. The predicted molar refractivity (Wildman–Crippen MR) is 78.6 cm³/mol. The molecular formula is C15H22ClNO2. The molecule has 4 heteroatoms. The largest absolute Gasteiger partial charge is 0.480 e. The normalized spacial score (nSPS) is 12.7. The summed E-state index contributed by atoms with van der Waals surface area (Å²) in [5, 5.41) is 13.0. The van der Waals surface area contributed by atoms with E-state index in [-0.39, 0.29) is 0 Å². The molecule has 0 fully saturated rings.